The lowest BCUT2D eigenvalue weighted by Gasteiger charge is -2.43. The molecule has 0 aliphatic carbocycles. The molecule has 104 valence electrons. The fourth-order valence-corrected chi connectivity index (χ4v) is 2.66. The largest absolute Gasteiger partial charge is 0.348 e. The van der Waals surface area contributed by atoms with Crippen LogP contribution in [0, 0.1) is 11.3 Å². The van der Waals surface area contributed by atoms with Crippen LogP contribution in [0.4, 0.5) is 0 Å². The molecule has 1 aromatic carbocycles. The van der Waals surface area contributed by atoms with Crippen molar-refractivity contribution in [2.24, 2.45) is 11.3 Å². The van der Waals surface area contributed by atoms with E-state index in [9.17, 15) is 0 Å². The van der Waals surface area contributed by atoms with Crippen LogP contribution in [-0.2, 0) is 9.47 Å². The van der Waals surface area contributed by atoms with Crippen molar-refractivity contribution < 1.29 is 9.47 Å². The third-order valence-electron chi connectivity index (χ3n) is 3.52. The number of ether oxygens (including phenoxy) is 2. The lowest BCUT2D eigenvalue weighted by atomic mass is 9.80. The molecule has 0 saturated carbocycles. The van der Waals surface area contributed by atoms with E-state index in [1.54, 1.807) is 0 Å². The number of hydrogen-bond donors (Lipinski definition) is 0. The Kier molecular flexibility index (Phi) is 4.43. The normalized spacial score (nSPS) is 27.0. The summed E-state index contributed by atoms with van der Waals surface area (Å²) in [5.41, 5.74) is 1.24. The molecule has 2 nitrogen and oxygen atoms in total. The molecule has 2 unspecified atom stereocenters. The van der Waals surface area contributed by atoms with Crippen LogP contribution in [0.15, 0.2) is 36.4 Å². The molecule has 2 rings (SSSR count). The molecule has 0 spiro atoms. The predicted molar refractivity (Wildman–Crippen MR) is 78.7 cm³/mol. The SMILES string of the molecule is CC(C)C1OC(/C=C/c2ccccc2)OCC1(C)C. The van der Waals surface area contributed by atoms with Gasteiger partial charge in [0.25, 0.3) is 0 Å². The van der Waals surface area contributed by atoms with E-state index in [0.717, 1.165) is 6.61 Å². The summed E-state index contributed by atoms with van der Waals surface area (Å²) in [6.07, 6.45) is 4.05. The lowest BCUT2D eigenvalue weighted by molar-refractivity contribution is -0.249. The van der Waals surface area contributed by atoms with Crippen LogP contribution in [0.25, 0.3) is 6.08 Å². The second-order valence-electron chi connectivity index (χ2n) is 6.24. The lowest BCUT2D eigenvalue weighted by Crippen LogP contribution is -2.47. The first-order valence-corrected chi connectivity index (χ1v) is 6.99. The minimum absolute atomic E-state index is 0.0747. The summed E-state index contributed by atoms with van der Waals surface area (Å²) in [5.74, 6) is 0.492. The van der Waals surface area contributed by atoms with Gasteiger partial charge in [0.2, 0.25) is 0 Å². The van der Waals surface area contributed by atoms with Gasteiger partial charge in [-0.2, -0.15) is 0 Å². The first kappa shape index (κ1) is 14.3. The van der Waals surface area contributed by atoms with Crippen molar-refractivity contribution in [3.63, 3.8) is 0 Å². The van der Waals surface area contributed by atoms with Crippen LogP contribution >= 0.6 is 0 Å². The van der Waals surface area contributed by atoms with Gasteiger partial charge >= 0.3 is 0 Å². The van der Waals surface area contributed by atoms with E-state index in [-0.39, 0.29) is 17.8 Å². The van der Waals surface area contributed by atoms with Gasteiger partial charge in [0.1, 0.15) is 0 Å². The van der Waals surface area contributed by atoms with Crippen molar-refractivity contribution in [2.45, 2.75) is 40.1 Å². The molecule has 19 heavy (non-hydrogen) atoms. The Morgan fingerprint density at radius 2 is 1.89 bits per heavy atom. The summed E-state index contributed by atoms with van der Waals surface area (Å²) < 4.78 is 11.9. The summed E-state index contributed by atoms with van der Waals surface area (Å²) >= 11 is 0. The molecule has 1 aliphatic rings. The molecule has 0 amide bonds. The second-order valence-corrected chi connectivity index (χ2v) is 6.24. The quantitative estimate of drug-likeness (QED) is 0.813. The van der Waals surface area contributed by atoms with Crippen LogP contribution in [0.2, 0.25) is 0 Å². The second kappa shape index (κ2) is 5.89. The minimum Gasteiger partial charge on any atom is -0.348 e. The Morgan fingerprint density at radius 3 is 2.53 bits per heavy atom. The topological polar surface area (TPSA) is 18.5 Å². The monoisotopic (exact) mass is 260 g/mol. The molecule has 2 heteroatoms. The third-order valence-corrected chi connectivity index (χ3v) is 3.52. The van der Waals surface area contributed by atoms with E-state index in [1.807, 2.05) is 24.3 Å². The van der Waals surface area contributed by atoms with Gasteiger partial charge in [0, 0.05) is 5.41 Å². The summed E-state index contributed by atoms with van der Waals surface area (Å²) in [5, 5.41) is 0. The smallest absolute Gasteiger partial charge is 0.177 e. The van der Waals surface area contributed by atoms with E-state index >= 15 is 0 Å². The maximum atomic E-state index is 6.08. The molecule has 0 radical (unpaired) electrons. The highest BCUT2D eigenvalue weighted by Gasteiger charge is 2.39. The standard InChI is InChI=1S/C17H24O2/c1-13(2)16-17(3,4)12-18-15(19-16)11-10-14-8-6-5-7-9-14/h5-11,13,15-16H,12H2,1-4H3/b11-10+. The van der Waals surface area contributed by atoms with Gasteiger partial charge in [-0.05, 0) is 17.6 Å². The van der Waals surface area contributed by atoms with Crippen LogP contribution in [-0.4, -0.2) is 19.0 Å². The maximum Gasteiger partial charge on any atom is 0.177 e. The van der Waals surface area contributed by atoms with Crippen LogP contribution < -0.4 is 0 Å². The highest BCUT2D eigenvalue weighted by molar-refractivity contribution is 5.49. The van der Waals surface area contributed by atoms with Crippen molar-refractivity contribution >= 4 is 6.08 Å². The number of benzene rings is 1. The molecule has 1 fully saturated rings. The van der Waals surface area contributed by atoms with Gasteiger partial charge in [0.05, 0.1) is 12.7 Å². The average molecular weight is 260 g/mol. The fraction of sp³-hybridized carbons (Fsp3) is 0.529. The molecular weight excluding hydrogens is 236 g/mol. The van der Waals surface area contributed by atoms with Crippen LogP contribution in [0.3, 0.4) is 0 Å². The van der Waals surface area contributed by atoms with Crippen molar-refractivity contribution in [1.82, 2.24) is 0 Å². The summed E-state index contributed by atoms with van der Waals surface area (Å²) in [4.78, 5) is 0. The Balaban J connectivity index is 2.02. The zero-order chi connectivity index (χ0) is 13.9. The molecule has 1 saturated heterocycles. The Bertz CT molecular complexity index is 420. The zero-order valence-corrected chi connectivity index (χ0v) is 12.3. The van der Waals surface area contributed by atoms with Gasteiger partial charge < -0.3 is 9.47 Å². The summed E-state index contributed by atoms with van der Waals surface area (Å²) in [6.45, 7) is 9.55. The van der Waals surface area contributed by atoms with Crippen molar-refractivity contribution in [3.05, 3.63) is 42.0 Å². The van der Waals surface area contributed by atoms with Gasteiger partial charge in [-0.25, -0.2) is 0 Å². The summed E-state index contributed by atoms with van der Waals surface area (Å²) in [6, 6.07) is 10.2. The third kappa shape index (κ3) is 3.68. The molecule has 1 aliphatic heterocycles. The number of rotatable bonds is 3. The molecular formula is C17H24O2. The van der Waals surface area contributed by atoms with Crippen LogP contribution in [0.1, 0.15) is 33.3 Å². The minimum atomic E-state index is -0.236. The first-order chi connectivity index (χ1) is 8.99. The van der Waals surface area contributed by atoms with Gasteiger partial charge in [-0.1, -0.05) is 64.1 Å². The fourth-order valence-electron chi connectivity index (χ4n) is 2.66. The molecule has 0 N–H and O–H groups in total. The van der Waals surface area contributed by atoms with E-state index in [0.29, 0.717) is 5.92 Å². The van der Waals surface area contributed by atoms with E-state index < -0.39 is 0 Å². The Hall–Kier alpha value is -1.12. The highest BCUT2D eigenvalue weighted by Crippen LogP contribution is 2.34. The van der Waals surface area contributed by atoms with Crippen molar-refractivity contribution in [3.8, 4) is 0 Å². The summed E-state index contributed by atoms with van der Waals surface area (Å²) in [7, 11) is 0. The van der Waals surface area contributed by atoms with Crippen molar-refractivity contribution in [2.75, 3.05) is 6.61 Å². The van der Waals surface area contributed by atoms with E-state index in [4.69, 9.17) is 9.47 Å². The molecule has 0 bridgehead atoms. The highest BCUT2D eigenvalue weighted by atomic mass is 16.7. The average Bonchev–Trinajstić information content (AvgIpc) is 2.38. The van der Waals surface area contributed by atoms with Crippen molar-refractivity contribution in [1.29, 1.82) is 0 Å². The van der Waals surface area contributed by atoms with Gasteiger partial charge in [-0.3, -0.25) is 0 Å². The molecule has 0 aromatic heterocycles. The number of hydrogen-bond acceptors (Lipinski definition) is 2. The van der Waals surface area contributed by atoms with Gasteiger partial charge in [-0.15, -0.1) is 0 Å². The zero-order valence-electron chi connectivity index (χ0n) is 12.3. The molecule has 1 heterocycles. The maximum absolute atomic E-state index is 6.08. The Morgan fingerprint density at radius 1 is 1.21 bits per heavy atom. The van der Waals surface area contributed by atoms with E-state index in [2.05, 4.69) is 45.9 Å². The molecule has 1 aromatic rings. The van der Waals surface area contributed by atoms with Gasteiger partial charge in [0.15, 0.2) is 6.29 Å². The molecule has 2 atom stereocenters. The Labute approximate surface area is 116 Å². The van der Waals surface area contributed by atoms with Crippen LogP contribution in [0.5, 0.6) is 0 Å². The van der Waals surface area contributed by atoms with E-state index in [1.165, 1.54) is 5.56 Å². The first-order valence-electron chi connectivity index (χ1n) is 6.99. The predicted octanol–water partition coefficient (Wildman–Crippen LogP) is 4.12.